The van der Waals surface area contributed by atoms with Crippen LogP contribution in [-0.2, 0) is 9.59 Å². The molecule has 0 saturated heterocycles. The van der Waals surface area contributed by atoms with Crippen molar-refractivity contribution >= 4 is 11.9 Å². The number of hydrogen-bond donors (Lipinski definition) is 2. The minimum Gasteiger partial charge on any atom is -1.00 e. The van der Waals surface area contributed by atoms with E-state index in [-0.39, 0.29) is 36.5 Å². The molecule has 0 bridgehead atoms. The Morgan fingerprint density at radius 1 is 1.13 bits per heavy atom. The molecule has 1 aromatic rings. The van der Waals surface area contributed by atoms with Crippen LogP contribution in [0, 0.1) is 6.92 Å². The van der Waals surface area contributed by atoms with E-state index in [9.17, 15) is 9.59 Å². The van der Waals surface area contributed by atoms with Crippen LogP contribution in [0.25, 0.3) is 0 Å². The van der Waals surface area contributed by atoms with Crippen LogP contribution < -0.4 is 29.6 Å². The number of benzene rings is 1. The zero-order chi connectivity index (χ0) is 10.7. The number of carboxylic acid groups (broad SMARTS) is 2. The summed E-state index contributed by atoms with van der Waals surface area (Å²) >= 11 is 0. The summed E-state index contributed by atoms with van der Waals surface area (Å²) in [6, 6.07) is 6.41. The van der Waals surface area contributed by atoms with Crippen LogP contribution >= 0.6 is 0 Å². The Kier molecular flexibility index (Phi) is 5.57. The van der Waals surface area contributed by atoms with Gasteiger partial charge in [-0.2, -0.15) is 0 Å². The van der Waals surface area contributed by atoms with E-state index in [2.05, 4.69) is 0 Å². The van der Waals surface area contributed by atoms with Gasteiger partial charge in [-0.3, -0.25) is 9.59 Å². The summed E-state index contributed by atoms with van der Waals surface area (Å²) < 4.78 is 0. The second-order valence-corrected chi connectivity index (χ2v) is 3.02. The SMILES string of the molecule is Cc1ccc(C(C(=O)O)C(=O)O)cc1.[H-].[Na+]. The summed E-state index contributed by atoms with van der Waals surface area (Å²) in [5.74, 6) is -4.17. The summed E-state index contributed by atoms with van der Waals surface area (Å²) in [7, 11) is 0. The average molecular weight is 218 g/mol. The van der Waals surface area contributed by atoms with E-state index in [1.165, 1.54) is 12.1 Å². The summed E-state index contributed by atoms with van der Waals surface area (Å²) in [4.78, 5) is 21.3. The Hall–Kier alpha value is -0.840. The number of aliphatic carboxylic acids is 2. The average Bonchev–Trinajstić information content (AvgIpc) is 2.07. The van der Waals surface area contributed by atoms with Gasteiger partial charge in [0.1, 0.15) is 0 Å². The summed E-state index contributed by atoms with van der Waals surface area (Å²) in [6.45, 7) is 1.85. The van der Waals surface area contributed by atoms with Gasteiger partial charge < -0.3 is 11.6 Å². The Bertz CT molecular complexity index is 350. The van der Waals surface area contributed by atoms with Gasteiger partial charge >= 0.3 is 41.5 Å². The normalized spacial score (nSPS) is 9.47. The molecule has 1 aromatic carbocycles. The van der Waals surface area contributed by atoms with Gasteiger partial charge in [0, 0.05) is 0 Å². The van der Waals surface area contributed by atoms with Crippen molar-refractivity contribution in [3.63, 3.8) is 0 Å². The Morgan fingerprint density at radius 2 is 1.53 bits per heavy atom. The van der Waals surface area contributed by atoms with Crippen molar-refractivity contribution in [3.05, 3.63) is 35.4 Å². The van der Waals surface area contributed by atoms with Crippen LogP contribution in [0.1, 0.15) is 18.5 Å². The fourth-order valence-electron chi connectivity index (χ4n) is 1.15. The molecule has 0 spiro atoms. The standard InChI is InChI=1S/C10H10O4.Na.H/c1-6-2-4-7(5-3-6)8(9(11)12)10(13)14;;/h2-5,8H,1H3,(H,11,12)(H,13,14);;/q;+1;-1. The van der Waals surface area contributed by atoms with Crippen molar-refractivity contribution in [1.82, 2.24) is 0 Å². The predicted molar refractivity (Wildman–Crippen MR) is 50.3 cm³/mol. The van der Waals surface area contributed by atoms with E-state index in [1.54, 1.807) is 12.1 Å². The van der Waals surface area contributed by atoms with Crippen LogP contribution in [0.2, 0.25) is 0 Å². The molecule has 0 aliphatic heterocycles. The molecular weight excluding hydrogens is 207 g/mol. The third-order valence-corrected chi connectivity index (χ3v) is 1.90. The molecule has 0 amide bonds. The fraction of sp³-hybridized carbons (Fsp3) is 0.200. The van der Waals surface area contributed by atoms with E-state index < -0.39 is 17.9 Å². The van der Waals surface area contributed by atoms with Gasteiger partial charge in [0.15, 0.2) is 5.92 Å². The van der Waals surface area contributed by atoms with Gasteiger partial charge in [-0.1, -0.05) is 29.8 Å². The van der Waals surface area contributed by atoms with Crippen LogP contribution in [0.3, 0.4) is 0 Å². The van der Waals surface area contributed by atoms with Crippen molar-refractivity contribution in [2.45, 2.75) is 12.8 Å². The molecule has 0 fully saturated rings. The van der Waals surface area contributed by atoms with Crippen molar-refractivity contribution < 1.29 is 50.8 Å². The van der Waals surface area contributed by atoms with E-state index in [1.807, 2.05) is 6.92 Å². The number of hydrogen-bond acceptors (Lipinski definition) is 2. The summed E-state index contributed by atoms with van der Waals surface area (Å²) in [6.07, 6.45) is 0. The van der Waals surface area contributed by atoms with E-state index in [0.717, 1.165) is 5.56 Å². The molecule has 0 aromatic heterocycles. The van der Waals surface area contributed by atoms with E-state index >= 15 is 0 Å². The molecule has 15 heavy (non-hydrogen) atoms. The van der Waals surface area contributed by atoms with Gasteiger partial charge in [-0.25, -0.2) is 0 Å². The topological polar surface area (TPSA) is 74.6 Å². The van der Waals surface area contributed by atoms with Crippen LogP contribution in [0.4, 0.5) is 0 Å². The maximum atomic E-state index is 10.6. The minimum absolute atomic E-state index is 0. The predicted octanol–water partition coefficient (Wildman–Crippen LogP) is -1.64. The molecule has 2 N–H and O–H groups in total. The molecule has 0 aliphatic rings. The second-order valence-electron chi connectivity index (χ2n) is 3.02. The van der Waals surface area contributed by atoms with E-state index in [0.29, 0.717) is 0 Å². The summed E-state index contributed by atoms with van der Waals surface area (Å²) in [5.41, 5.74) is 1.25. The van der Waals surface area contributed by atoms with Crippen LogP contribution in [-0.4, -0.2) is 22.2 Å². The third-order valence-electron chi connectivity index (χ3n) is 1.90. The molecule has 0 aliphatic carbocycles. The van der Waals surface area contributed by atoms with Gasteiger partial charge in [0.2, 0.25) is 0 Å². The first kappa shape index (κ1) is 14.2. The maximum Gasteiger partial charge on any atom is 1.00 e. The Balaban J connectivity index is 0. The van der Waals surface area contributed by atoms with Crippen molar-refractivity contribution in [2.24, 2.45) is 0 Å². The number of carbonyl (C=O) groups is 2. The minimum atomic E-state index is -1.48. The van der Waals surface area contributed by atoms with Crippen molar-refractivity contribution in [3.8, 4) is 0 Å². The van der Waals surface area contributed by atoms with Crippen molar-refractivity contribution in [1.29, 1.82) is 0 Å². The van der Waals surface area contributed by atoms with Crippen LogP contribution in [0.15, 0.2) is 24.3 Å². The number of aryl methyl sites for hydroxylation is 1. The molecule has 5 heteroatoms. The molecule has 4 nitrogen and oxygen atoms in total. The molecule has 0 radical (unpaired) electrons. The molecule has 1 rings (SSSR count). The first-order valence-electron chi connectivity index (χ1n) is 4.04. The Morgan fingerprint density at radius 3 is 1.87 bits per heavy atom. The maximum absolute atomic E-state index is 10.6. The molecule has 0 heterocycles. The number of rotatable bonds is 3. The smallest absolute Gasteiger partial charge is 1.00 e. The number of carboxylic acids is 2. The molecule has 0 atom stereocenters. The van der Waals surface area contributed by atoms with Gasteiger partial charge in [0.05, 0.1) is 0 Å². The van der Waals surface area contributed by atoms with Gasteiger partial charge in [0.25, 0.3) is 0 Å². The van der Waals surface area contributed by atoms with Gasteiger partial charge in [-0.05, 0) is 12.5 Å². The van der Waals surface area contributed by atoms with E-state index in [4.69, 9.17) is 10.2 Å². The van der Waals surface area contributed by atoms with Crippen molar-refractivity contribution in [2.75, 3.05) is 0 Å². The largest absolute Gasteiger partial charge is 1.00 e. The van der Waals surface area contributed by atoms with Gasteiger partial charge in [-0.15, -0.1) is 0 Å². The monoisotopic (exact) mass is 218 g/mol. The molecule has 76 valence electrons. The fourth-order valence-corrected chi connectivity index (χ4v) is 1.15. The first-order chi connectivity index (χ1) is 6.52. The second kappa shape index (κ2) is 5.90. The molecular formula is C10H11NaO4. The van der Waals surface area contributed by atoms with Crippen LogP contribution in [0.5, 0.6) is 0 Å². The molecule has 0 saturated carbocycles. The summed E-state index contributed by atoms with van der Waals surface area (Å²) in [5, 5.41) is 17.4. The quantitative estimate of drug-likeness (QED) is 0.471. The molecule has 0 unspecified atom stereocenters. The first-order valence-corrected chi connectivity index (χ1v) is 4.04. The zero-order valence-corrected chi connectivity index (χ0v) is 10.6. The third kappa shape index (κ3) is 3.66. The zero-order valence-electron chi connectivity index (χ0n) is 9.60. The Labute approximate surface area is 111 Å².